The van der Waals surface area contributed by atoms with Crippen molar-refractivity contribution in [1.82, 2.24) is 9.38 Å². The minimum Gasteiger partial charge on any atom is -0.292 e. The summed E-state index contributed by atoms with van der Waals surface area (Å²) in [5.74, 6) is 0. The molecule has 31 heavy (non-hydrogen) atoms. The van der Waals surface area contributed by atoms with Gasteiger partial charge in [0.05, 0.1) is 17.4 Å². The Morgan fingerprint density at radius 3 is 2.19 bits per heavy atom. The highest BCUT2D eigenvalue weighted by Crippen LogP contribution is 2.35. The second kappa shape index (κ2) is 8.19. The molecule has 0 saturated heterocycles. The third-order valence-electron chi connectivity index (χ3n) is 6.53. The van der Waals surface area contributed by atoms with Gasteiger partial charge in [0.25, 0.3) is 0 Å². The third kappa shape index (κ3) is 3.40. The molecular weight excluding hydrogens is 376 g/mol. The van der Waals surface area contributed by atoms with E-state index in [0.717, 1.165) is 5.65 Å². The average molecular weight is 407 g/mol. The van der Waals surface area contributed by atoms with Gasteiger partial charge in [0, 0.05) is 16.3 Å². The summed E-state index contributed by atoms with van der Waals surface area (Å²) < 4.78 is 2.36. The predicted molar refractivity (Wildman–Crippen MR) is 133 cm³/mol. The maximum Gasteiger partial charge on any atom is 0.145 e. The first kappa shape index (κ1) is 19.8. The van der Waals surface area contributed by atoms with Gasteiger partial charge in [0.15, 0.2) is 0 Å². The number of unbranched alkanes of at least 4 members (excludes halogenated alkanes) is 3. The molecule has 0 amide bonds. The molecule has 0 N–H and O–H groups in total. The number of imidazole rings is 1. The minimum absolute atomic E-state index is 1.03. The highest BCUT2D eigenvalue weighted by atomic mass is 15.0. The lowest BCUT2D eigenvalue weighted by Crippen LogP contribution is -1.98. The van der Waals surface area contributed by atoms with Crippen LogP contribution in [0.4, 0.5) is 0 Å². The highest BCUT2D eigenvalue weighted by molar-refractivity contribution is 6.12. The summed E-state index contributed by atoms with van der Waals surface area (Å²) in [6.07, 6.45) is 8.45. The van der Waals surface area contributed by atoms with Crippen LogP contribution >= 0.6 is 0 Å². The van der Waals surface area contributed by atoms with Crippen molar-refractivity contribution in [3.8, 4) is 11.3 Å². The maximum absolute atomic E-state index is 4.91. The van der Waals surface area contributed by atoms with E-state index in [0.29, 0.717) is 0 Å². The van der Waals surface area contributed by atoms with E-state index >= 15 is 0 Å². The summed E-state index contributed by atoms with van der Waals surface area (Å²) >= 11 is 0. The van der Waals surface area contributed by atoms with Crippen LogP contribution in [0.15, 0.2) is 66.9 Å². The van der Waals surface area contributed by atoms with E-state index in [1.165, 1.54) is 81.7 Å². The molecule has 0 aliphatic carbocycles. The van der Waals surface area contributed by atoms with Gasteiger partial charge in [-0.3, -0.25) is 4.40 Å². The summed E-state index contributed by atoms with van der Waals surface area (Å²) in [4.78, 5) is 4.91. The zero-order chi connectivity index (χ0) is 21.4. The number of para-hydroxylation sites is 1. The molecule has 2 aromatic heterocycles. The summed E-state index contributed by atoms with van der Waals surface area (Å²) in [7, 11) is 0. The molecule has 0 unspecified atom stereocenters. The van der Waals surface area contributed by atoms with Gasteiger partial charge in [-0.15, -0.1) is 0 Å². The molecule has 0 bridgehead atoms. The van der Waals surface area contributed by atoms with Crippen LogP contribution < -0.4 is 0 Å². The van der Waals surface area contributed by atoms with E-state index in [4.69, 9.17) is 4.98 Å². The largest absolute Gasteiger partial charge is 0.292 e. The lowest BCUT2D eigenvalue weighted by molar-refractivity contribution is 0.666. The number of nitrogens with zero attached hydrogens (tertiary/aromatic N) is 2. The van der Waals surface area contributed by atoms with Gasteiger partial charge in [-0.1, -0.05) is 80.8 Å². The van der Waals surface area contributed by atoms with Crippen LogP contribution in [0.2, 0.25) is 0 Å². The molecule has 0 atom stereocenters. The molecule has 0 spiro atoms. The fraction of sp³-hybridized carbons (Fsp3) is 0.276. The molecule has 3 aromatic carbocycles. The van der Waals surface area contributed by atoms with Crippen molar-refractivity contribution < 1.29 is 0 Å². The Bertz CT molecular complexity index is 1370. The van der Waals surface area contributed by atoms with Crippen LogP contribution in [0.3, 0.4) is 0 Å². The summed E-state index contributed by atoms with van der Waals surface area (Å²) in [6, 6.07) is 22.1. The van der Waals surface area contributed by atoms with Gasteiger partial charge in [0.1, 0.15) is 5.65 Å². The van der Waals surface area contributed by atoms with E-state index in [1.807, 2.05) is 0 Å². The average Bonchev–Trinajstić information content (AvgIpc) is 3.22. The van der Waals surface area contributed by atoms with Crippen LogP contribution in [0.1, 0.15) is 49.3 Å². The molecule has 0 fully saturated rings. The first-order valence-electron chi connectivity index (χ1n) is 11.6. The topological polar surface area (TPSA) is 17.3 Å². The SMILES string of the molecule is CCCCCCc1cc(C)c(-c2cnc3c4ccccc4c4ccccc4n23)c(C)c1. The van der Waals surface area contributed by atoms with E-state index in [2.05, 4.69) is 92.0 Å². The lowest BCUT2D eigenvalue weighted by Gasteiger charge is -2.15. The number of hydrogen-bond acceptors (Lipinski definition) is 1. The number of fused-ring (bicyclic) bond motifs is 6. The van der Waals surface area contributed by atoms with E-state index in [-0.39, 0.29) is 0 Å². The molecule has 0 saturated carbocycles. The Morgan fingerprint density at radius 2 is 1.45 bits per heavy atom. The van der Waals surface area contributed by atoms with Crippen molar-refractivity contribution in [2.75, 3.05) is 0 Å². The number of rotatable bonds is 6. The van der Waals surface area contributed by atoms with Gasteiger partial charge in [-0.25, -0.2) is 4.98 Å². The van der Waals surface area contributed by atoms with Gasteiger partial charge in [0.2, 0.25) is 0 Å². The van der Waals surface area contributed by atoms with Gasteiger partial charge < -0.3 is 0 Å². The molecule has 0 radical (unpaired) electrons. The van der Waals surface area contributed by atoms with Crippen molar-refractivity contribution in [3.63, 3.8) is 0 Å². The van der Waals surface area contributed by atoms with E-state index in [1.54, 1.807) is 0 Å². The van der Waals surface area contributed by atoms with Crippen LogP contribution in [-0.2, 0) is 6.42 Å². The van der Waals surface area contributed by atoms with Crippen molar-refractivity contribution >= 4 is 27.3 Å². The fourth-order valence-electron chi connectivity index (χ4n) is 5.13. The van der Waals surface area contributed by atoms with Crippen LogP contribution in [0, 0.1) is 13.8 Å². The molecule has 156 valence electrons. The van der Waals surface area contributed by atoms with Gasteiger partial charge in [-0.2, -0.15) is 0 Å². The number of pyridine rings is 1. The predicted octanol–water partition coefficient (Wildman–Crippen LogP) is 8.05. The number of benzene rings is 3. The lowest BCUT2D eigenvalue weighted by atomic mass is 9.94. The second-order valence-electron chi connectivity index (χ2n) is 8.78. The molecule has 2 nitrogen and oxygen atoms in total. The van der Waals surface area contributed by atoms with Crippen molar-refractivity contribution in [1.29, 1.82) is 0 Å². The summed E-state index contributed by atoms with van der Waals surface area (Å²) in [5, 5.41) is 3.74. The molecule has 0 aliphatic rings. The van der Waals surface area contributed by atoms with E-state index < -0.39 is 0 Å². The Kier molecular flexibility index (Phi) is 5.23. The number of aromatic nitrogens is 2. The first-order chi connectivity index (χ1) is 15.2. The number of aryl methyl sites for hydroxylation is 3. The Morgan fingerprint density at radius 1 is 0.774 bits per heavy atom. The van der Waals surface area contributed by atoms with Crippen LogP contribution in [-0.4, -0.2) is 9.38 Å². The Balaban J connectivity index is 1.70. The zero-order valence-corrected chi connectivity index (χ0v) is 18.8. The van der Waals surface area contributed by atoms with E-state index in [9.17, 15) is 0 Å². The smallest absolute Gasteiger partial charge is 0.145 e. The van der Waals surface area contributed by atoms with Gasteiger partial charge in [-0.05, 0) is 54.8 Å². The third-order valence-corrected chi connectivity index (χ3v) is 6.53. The summed E-state index contributed by atoms with van der Waals surface area (Å²) in [5.41, 5.74) is 8.88. The molecule has 0 aliphatic heterocycles. The van der Waals surface area contributed by atoms with Crippen molar-refractivity contribution in [3.05, 3.63) is 83.6 Å². The molecule has 2 heterocycles. The molecule has 2 heteroatoms. The van der Waals surface area contributed by atoms with Gasteiger partial charge >= 0.3 is 0 Å². The zero-order valence-electron chi connectivity index (χ0n) is 18.8. The first-order valence-corrected chi connectivity index (χ1v) is 11.6. The van der Waals surface area contributed by atoms with Crippen LogP contribution in [0.25, 0.3) is 38.6 Å². The fourth-order valence-corrected chi connectivity index (χ4v) is 5.13. The molecule has 5 aromatic rings. The van der Waals surface area contributed by atoms with Crippen LogP contribution in [0.5, 0.6) is 0 Å². The Labute approximate surface area is 184 Å². The van der Waals surface area contributed by atoms with Crippen molar-refractivity contribution in [2.45, 2.75) is 52.9 Å². The molecule has 5 rings (SSSR count). The quantitative estimate of drug-likeness (QED) is 0.206. The highest BCUT2D eigenvalue weighted by Gasteiger charge is 2.17. The second-order valence-corrected chi connectivity index (χ2v) is 8.78. The normalized spacial score (nSPS) is 11.7. The Hall–Kier alpha value is -3.13. The van der Waals surface area contributed by atoms with Crippen molar-refractivity contribution in [2.24, 2.45) is 0 Å². The maximum atomic E-state index is 4.91. The molecular formula is C29H30N2. The summed E-state index contributed by atoms with van der Waals surface area (Å²) in [6.45, 7) is 6.77. The monoisotopic (exact) mass is 406 g/mol. The standard InChI is InChI=1S/C29H30N2/c1-4-5-6-7-12-22-17-20(2)28(21(3)18-22)27-19-30-29-25-15-9-8-13-23(25)24-14-10-11-16-26(24)31(27)29/h8-11,13-19H,4-7,12H2,1-3H3. The number of hydrogen-bond donors (Lipinski definition) is 0. The minimum atomic E-state index is 1.03.